The average Bonchev–Trinajstić information content (AvgIpc) is 3.19. The Morgan fingerprint density at radius 3 is 2.53 bits per heavy atom. The van der Waals surface area contributed by atoms with Crippen molar-refractivity contribution in [3.8, 4) is 0 Å². The molecule has 0 bridgehead atoms. The Bertz CT molecular complexity index is 421. The van der Waals surface area contributed by atoms with E-state index in [0.29, 0.717) is 6.04 Å². The summed E-state index contributed by atoms with van der Waals surface area (Å²) in [6.45, 7) is 0. The standard InChI is InChI=1S/C14H18ClNS/c15-13-7-10-11(5-6-12(10)17-13)16-14(8-1-2-8)9-3-4-9/h7-9,11,14,16H,1-6H2. The predicted molar refractivity (Wildman–Crippen MR) is 72.8 cm³/mol. The van der Waals surface area contributed by atoms with Gasteiger partial charge in [0.2, 0.25) is 0 Å². The maximum Gasteiger partial charge on any atom is 0.0934 e. The number of fused-ring (bicyclic) bond motifs is 1. The molecule has 0 spiro atoms. The number of halogens is 1. The molecule has 2 fully saturated rings. The summed E-state index contributed by atoms with van der Waals surface area (Å²) in [5.41, 5.74) is 1.51. The van der Waals surface area contributed by atoms with Crippen molar-refractivity contribution in [2.75, 3.05) is 0 Å². The summed E-state index contributed by atoms with van der Waals surface area (Å²) >= 11 is 7.90. The van der Waals surface area contributed by atoms with Crippen LogP contribution in [0.3, 0.4) is 0 Å². The highest BCUT2D eigenvalue weighted by Gasteiger charge is 2.43. The first-order valence-electron chi connectivity index (χ1n) is 6.85. The van der Waals surface area contributed by atoms with Gasteiger partial charge in [-0.05, 0) is 62.0 Å². The van der Waals surface area contributed by atoms with Crippen LogP contribution in [0, 0.1) is 11.8 Å². The van der Waals surface area contributed by atoms with E-state index in [1.54, 1.807) is 11.3 Å². The van der Waals surface area contributed by atoms with Crippen LogP contribution in [-0.4, -0.2) is 6.04 Å². The number of nitrogens with one attached hydrogen (secondary N) is 1. The summed E-state index contributed by atoms with van der Waals surface area (Å²) in [5, 5.41) is 3.96. The van der Waals surface area contributed by atoms with Crippen LogP contribution in [0.25, 0.3) is 0 Å². The van der Waals surface area contributed by atoms with Crippen molar-refractivity contribution in [1.82, 2.24) is 5.32 Å². The fourth-order valence-electron chi connectivity index (χ4n) is 3.30. The molecule has 92 valence electrons. The monoisotopic (exact) mass is 267 g/mol. The molecule has 1 N–H and O–H groups in total. The van der Waals surface area contributed by atoms with E-state index in [2.05, 4.69) is 11.4 Å². The second-order valence-electron chi connectivity index (χ2n) is 5.89. The molecular formula is C14H18ClNS. The molecule has 3 heteroatoms. The van der Waals surface area contributed by atoms with Gasteiger partial charge in [0.15, 0.2) is 0 Å². The van der Waals surface area contributed by atoms with Crippen LogP contribution in [-0.2, 0) is 6.42 Å². The van der Waals surface area contributed by atoms with Crippen LogP contribution in [0.1, 0.15) is 48.6 Å². The summed E-state index contributed by atoms with van der Waals surface area (Å²) in [4.78, 5) is 1.53. The van der Waals surface area contributed by atoms with E-state index in [9.17, 15) is 0 Å². The van der Waals surface area contributed by atoms with Crippen LogP contribution in [0.4, 0.5) is 0 Å². The fourth-order valence-corrected chi connectivity index (χ4v) is 4.66. The van der Waals surface area contributed by atoms with Crippen molar-refractivity contribution in [1.29, 1.82) is 0 Å². The van der Waals surface area contributed by atoms with Gasteiger partial charge in [0.1, 0.15) is 0 Å². The molecule has 0 aliphatic heterocycles. The molecule has 0 aromatic carbocycles. The maximum atomic E-state index is 6.12. The van der Waals surface area contributed by atoms with E-state index in [0.717, 1.165) is 22.2 Å². The summed E-state index contributed by atoms with van der Waals surface area (Å²) in [6.07, 6.45) is 8.34. The van der Waals surface area contributed by atoms with Crippen molar-refractivity contribution in [3.05, 3.63) is 20.8 Å². The Morgan fingerprint density at radius 2 is 1.88 bits per heavy atom. The molecule has 1 aromatic rings. The summed E-state index contributed by atoms with van der Waals surface area (Å²) < 4.78 is 0.968. The quantitative estimate of drug-likeness (QED) is 0.864. The number of rotatable bonds is 4. The lowest BCUT2D eigenvalue weighted by molar-refractivity contribution is 0.364. The molecule has 0 amide bonds. The van der Waals surface area contributed by atoms with Crippen molar-refractivity contribution < 1.29 is 0 Å². The third-order valence-electron chi connectivity index (χ3n) is 4.50. The minimum absolute atomic E-state index is 0.597. The van der Waals surface area contributed by atoms with Gasteiger partial charge >= 0.3 is 0 Å². The highest BCUT2D eigenvalue weighted by Crippen LogP contribution is 2.47. The van der Waals surface area contributed by atoms with Crippen LogP contribution in [0.5, 0.6) is 0 Å². The highest BCUT2D eigenvalue weighted by molar-refractivity contribution is 7.16. The van der Waals surface area contributed by atoms with Crippen LogP contribution < -0.4 is 5.32 Å². The van der Waals surface area contributed by atoms with E-state index in [1.807, 2.05) is 0 Å². The molecular weight excluding hydrogens is 250 g/mol. The lowest BCUT2D eigenvalue weighted by Gasteiger charge is -2.23. The predicted octanol–water partition coefficient (Wildman–Crippen LogP) is 4.17. The van der Waals surface area contributed by atoms with Gasteiger partial charge in [0.25, 0.3) is 0 Å². The first-order valence-corrected chi connectivity index (χ1v) is 8.05. The summed E-state index contributed by atoms with van der Waals surface area (Å²) in [5.74, 6) is 1.97. The molecule has 1 atom stereocenters. The normalized spacial score (nSPS) is 27.8. The topological polar surface area (TPSA) is 12.0 Å². The lowest BCUT2D eigenvalue weighted by atomic mass is 10.0. The Labute approximate surface area is 112 Å². The Kier molecular flexibility index (Phi) is 2.53. The molecule has 1 aromatic heterocycles. The van der Waals surface area contributed by atoms with Crippen LogP contribution in [0.15, 0.2) is 6.07 Å². The Balaban J connectivity index is 1.51. The van der Waals surface area contributed by atoms with Crippen molar-refractivity contribution in [2.45, 2.75) is 50.6 Å². The molecule has 1 nitrogen and oxygen atoms in total. The molecule has 17 heavy (non-hydrogen) atoms. The minimum atomic E-state index is 0.597. The van der Waals surface area contributed by atoms with Crippen LogP contribution >= 0.6 is 22.9 Å². The van der Waals surface area contributed by atoms with Crippen molar-refractivity contribution in [3.63, 3.8) is 0 Å². The van der Waals surface area contributed by atoms with E-state index in [-0.39, 0.29) is 0 Å². The van der Waals surface area contributed by atoms with Gasteiger partial charge in [-0.3, -0.25) is 0 Å². The van der Waals surface area contributed by atoms with Crippen LogP contribution in [0.2, 0.25) is 4.34 Å². The SMILES string of the molecule is Clc1cc2c(s1)CCC2NC(C1CC1)C1CC1. The third kappa shape index (κ3) is 2.05. The van der Waals surface area contributed by atoms with E-state index >= 15 is 0 Å². The van der Waals surface area contributed by atoms with Gasteiger partial charge in [-0.15, -0.1) is 11.3 Å². The zero-order chi connectivity index (χ0) is 11.4. The van der Waals surface area contributed by atoms with Crippen molar-refractivity contribution in [2.24, 2.45) is 11.8 Å². The van der Waals surface area contributed by atoms with Crippen molar-refractivity contribution >= 4 is 22.9 Å². The smallest absolute Gasteiger partial charge is 0.0934 e. The largest absolute Gasteiger partial charge is 0.307 e. The van der Waals surface area contributed by atoms with E-state index in [1.165, 1.54) is 49.0 Å². The molecule has 0 saturated heterocycles. The number of thiophene rings is 1. The molecule has 1 unspecified atom stereocenters. The minimum Gasteiger partial charge on any atom is -0.307 e. The third-order valence-corrected chi connectivity index (χ3v) is 5.84. The molecule has 3 aliphatic rings. The lowest BCUT2D eigenvalue weighted by Crippen LogP contribution is -2.35. The zero-order valence-electron chi connectivity index (χ0n) is 9.92. The van der Waals surface area contributed by atoms with Gasteiger partial charge in [0.05, 0.1) is 4.34 Å². The average molecular weight is 268 g/mol. The Hall–Kier alpha value is -0.0500. The second kappa shape index (κ2) is 3.97. The Morgan fingerprint density at radius 1 is 1.18 bits per heavy atom. The zero-order valence-corrected chi connectivity index (χ0v) is 11.5. The highest BCUT2D eigenvalue weighted by atomic mass is 35.5. The first-order chi connectivity index (χ1) is 8.31. The maximum absolute atomic E-state index is 6.12. The molecule has 3 aliphatic carbocycles. The van der Waals surface area contributed by atoms with Gasteiger partial charge < -0.3 is 5.32 Å². The van der Waals surface area contributed by atoms with Gasteiger partial charge in [-0.25, -0.2) is 0 Å². The number of hydrogen-bond donors (Lipinski definition) is 1. The van der Waals surface area contributed by atoms with E-state index in [4.69, 9.17) is 11.6 Å². The van der Waals surface area contributed by atoms with Gasteiger partial charge in [-0.2, -0.15) is 0 Å². The number of hydrogen-bond acceptors (Lipinski definition) is 2. The summed E-state index contributed by atoms with van der Waals surface area (Å²) in [7, 11) is 0. The van der Waals surface area contributed by atoms with Gasteiger partial charge in [-0.1, -0.05) is 11.6 Å². The first kappa shape index (κ1) is 10.8. The van der Waals surface area contributed by atoms with E-state index < -0.39 is 0 Å². The van der Waals surface area contributed by atoms with Gasteiger partial charge in [0, 0.05) is 17.0 Å². The molecule has 2 saturated carbocycles. The molecule has 4 rings (SSSR count). The second-order valence-corrected chi connectivity index (χ2v) is 7.66. The number of aryl methyl sites for hydroxylation is 1. The summed E-state index contributed by atoms with van der Waals surface area (Å²) in [6, 6.07) is 3.60. The molecule has 0 radical (unpaired) electrons. The fraction of sp³-hybridized carbons (Fsp3) is 0.714. The molecule has 1 heterocycles.